The number of aryl methyl sites for hydroxylation is 2. The quantitative estimate of drug-likeness (QED) is 0.670. The van der Waals surface area contributed by atoms with Gasteiger partial charge in [-0.05, 0) is 45.4 Å². The van der Waals surface area contributed by atoms with Crippen LogP contribution in [0.25, 0.3) is 0 Å². The maximum Gasteiger partial charge on any atom is 0.343 e. The first kappa shape index (κ1) is 18.4. The van der Waals surface area contributed by atoms with Crippen molar-refractivity contribution in [3.8, 4) is 5.75 Å². The van der Waals surface area contributed by atoms with E-state index in [-0.39, 0.29) is 5.91 Å². The van der Waals surface area contributed by atoms with E-state index in [1.54, 1.807) is 49.0 Å². The summed E-state index contributed by atoms with van der Waals surface area (Å²) in [7, 11) is 1.80. The van der Waals surface area contributed by atoms with Crippen molar-refractivity contribution in [2.45, 2.75) is 34.2 Å². The maximum atomic E-state index is 12.3. The summed E-state index contributed by atoms with van der Waals surface area (Å²) >= 11 is 0. The van der Waals surface area contributed by atoms with Crippen LogP contribution >= 0.6 is 0 Å². The lowest BCUT2D eigenvalue weighted by Gasteiger charge is -2.06. The summed E-state index contributed by atoms with van der Waals surface area (Å²) in [5.41, 5.74) is 3.76. The number of hydrogen-bond donors (Lipinski definition) is 1. The molecule has 0 spiro atoms. The number of carbonyl (C=O) groups is 2. The zero-order chi connectivity index (χ0) is 18.6. The minimum Gasteiger partial charge on any atom is -0.419 e. The molecule has 0 unspecified atom stereocenters. The molecule has 2 rings (SSSR count). The van der Waals surface area contributed by atoms with Crippen LogP contribution in [0.3, 0.4) is 0 Å². The highest BCUT2D eigenvalue weighted by Gasteiger charge is 2.16. The van der Waals surface area contributed by atoms with Gasteiger partial charge in [0.15, 0.2) is 5.75 Å². The number of benzene rings is 1. The van der Waals surface area contributed by atoms with Crippen LogP contribution in [0.5, 0.6) is 5.75 Å². The van der Waals surface area contributed by atoms with Gasteiger partial charge in [-0.2, -0.15) is 5.10 Å². The summed E-state index contributed by atoms with van der Waals surface area (Å²) in [6.45, 7) is 7.78. The molecule has 132 valence electrons. The number of esters is 1. The molecule has 0 bridgehead atoms. The highest BCUT2D eigenvalue weighted by atomic mass is 16.5. The van der Waals surface area contributed by atoms with Gasteiger partial charge in [-0.15, -0.1) is 0 Å². The molecule has 0 fully saturated rings. The Kier molecular flexibility index (Phi) is 5.75. The van der Waals surface area contributed by atoms with Gasteiger partial charge in [0, 0.05) is 19.7 Å². The second-order valence-corrected chi connectivity index (χ2v) is 6.15. The van der Waals surface area contributed by atoms with E-state index in [1.807, 2.05) is 20.8 Å². The van der Waals surface area contributed by atoms with Crippen LogP contribution < -0.4 is 10.1 Å². The Morgan fingerprint density at radius 1 is 1.20 bits per heavy atom. The lowest BCUT2D eigenvalue weighted by atomic mass is 10.1. The van der Waals surface area contributed by atoms with Gasteiger partial charge < -0.3 is 10.1 Å². The Labute approximate surface area is 147 Å². The molecule has 1 heterocycles. The van der Waals surface area contributed by atoms with Crippen LogP contribution in [-0.2, 0) is 18.4 Å². The number of amides is 1. The number of nitrogens with zero attached hydrogens (tertiary/aromatic N) is 2. The molecule has 0 saturated heterocycles. The predicted molar refractivity (Wildman–Crippen MR) is 95.4 cm³/mol. The average Bonchev–Trinajstić information content (AvgIpc) is 2.79. The zero-order valence-electron chi connectivity index (χ0n) is 15.2. The van der Waals surface area contributed by atoms with Crippen LogP contribution in [0.1, 0.15) is 41.2 Å². The Morgan fingerprint density at radius 2 is 1.84 bits per heavy atom. The third-order valence-electron chi connectivity index (χ3n) is 3.71. The third kappa shape index (κ3) is 4.79. The van der Waals surface area contributed by atoms with Crippen molar-refractivity contribution in [1.82, 2.24) is 15.1 Å². The van der Waals surface area contributed by atoms with Crippen molar-refractivity contribution in [3.63, 3.8) is 0 Å². The zero-order valence-corrected chi connectivity index (χ0v) is 15.2. The van der Waals surface area contributed by atoms with E-state index in [2.05, 4.69) is 10.4 Å². The van der Waals surface area contributed by atoms with Crippen molar-refractivity contribution in [3.05, 3.63) is 58.4 Å². The van der Waals surface area contributed by atoms with Gasteiger partial charge in [-0.25, -0.2) is 4.79 Å². The van der Waals surface area contributed by atoms with Crippen molar-refractivity contribution in [2.75, 3.05) is 0 Å². The van der Waals surface area contributed by atoms with Crippen LogP contribution in [0.2, 0.25) is 0 Å². The van der Waals surface area contributed by atoms with Crippen LogP contribution in [0, 0.1) is 13.8 Å². The molecule has 1 amide bonds. The largest absolute Gasteiger partial charge is 0.419 e. The summed E-state index contributed by atoms with van der Waals surface area (Å²) in [6.07, 6.45) is 1.55. The summed E-state index contributed by atoms with van der Waals surface area (Å²) in [5, 5.41) is 7.02. The molecule has 1 N–H and O–H groups in total. The van der Waals surface area contributed by atoms with Crippen molar-refractivity contribution >= 4 is 11.9 Å². The Balaban J connectivity index is 2.00. The number of carbonyl (C=O) groups excluding carboxylic acids is 2. The van der Waals surface area contributed by atoms with Crippen molar-refractivity contribution in [1.29, 1.82) is 0 Å². The topological polar surface area (TPSA) is 73.2 Å². The van der Waals surface area contributed by atoms with Gasteiger partial charge >= 0.3 is 5.97 Å². The normalized spacial score (nSPS) is 10.3. The Bertz CT molecular complexity index is 813. The summed E-state index contributed by atoms with van der Waals surface area (Å²) in [5.74, 6) is -0.0732. The number of nitrogens with one attached hydrogen (secondary N) is 1. The predicted octanol–water partition coefficient (Wildman–Crippen LogP) is 2.84. The number of rotatable bonds is 5. The van der Waals surface area contributed by atoms with E-state index in [4.69, 9.17) is 4.74 Å². The van der Waals surface area contributed by atoms with Gasteiger partial charge in [-0.1, -0.05) is 17.7 Å². The number of hydrogen-bond acceptors (Lipinski definition) is 4. The summed E-state index contributed by atoms with van der Waals surface area (Å²) < 4.78 is 7.14. The van der Waals surface area contributed by atoms with E-state index in [0.29, 0.717) is 23.6 Å². The van der Waals surface area contributed by atoms with Crippen LogP contribution in [0.15, 0.2) is 35.9 Å². The Hall–Kier alpha value is -2.89. The number of allylic oxidation sites excluding steroid dienone is 1. The summed E-state index contributed by atoms with van der Waals surface area (Å²) in [6, 6.07) is 6.96. The van der Waals surface area contributed by atoms with E-state index in [1.165, 1.54) is 0 Å². The molecule has 25 heavy (non-hydrogen) atoms. The minimum absolute atomic E-state index is 0.133. The molecule has 6 heteroatoms. The third-order valence-corrected chi connectivity index (χ3v) is 3.71. The first-order valence-corrected chi connectivity index (χ1v) is 8.02. The first-order valence-electron chi connectivity index (χ1n) is 8.02. The number of ether oxygens (including phenoxy) is 1. The Morgan fingerprint density at radius 3 is 2.36 bits per heavy atom. The molecule has 0 atom stereocenters. The maximum absolute atomic E-state index is 12.3. The highest BCUT2D eigenvalue weighted by molar-refractivity contribution is 5.91. The molecule has 1 aromatic carbocycles. The molecular weight excluding hydrogens is 318 g/mol. The standard InChI is InChI=1S/C19H23N3O3/c1-12(2)10-17(23)20-11-15-6-8-16(9-7-15)19(24)25-18-13(3)21-22(5)14(18)4/h6-10H,11H2,1-5H3,(H,20,23). The van der Waals surface area contributed by atoms with Gasteiger partial charge in [0.25, 0.3) is 0 Å². The average molecular weight is 341 g/mol. The fraction of sp³-hybridized carbons (Fsp3) is 0.316. The molecule has 0 aliphatic heterocycles. The van der Waals surface area contributed by atoms with E-state index < -0.39 is 5.97 Å². The first-order chi connectivity index (χ1) is 11.8. The molecule has 2 aromatic rings. The second-order valence-electron chi connectivity index (χ2n) is 6.15. The van der Waals surface area contributed by atoms with E-state index >= 15 is 0 Å². The molecule has 1 aromatic heterocycles. The minimum atomic E-state index is -0.431. The monoisotopic (exact) mass is 341 g/mol. The highest BCUT2D eigenvalue weighted by Crippen LogP contribution is 2.22. The second kappa shape index (κ2) is 7.79. The number of aromatic nitrogens is 2. The van der Waals surface area contributed by atoms with E-state index in [9.17, 15) is 9.59 Å². The fourth-order valence-corrected chi connectivity index (χ4v) is 2.31. The molecule has 6 nitrogen and oxygen atoms in total. The van der Waals surface area contributed by atoms with E-state index in [0.717, 1.165) is 16.8 Å². The van der Waals surface area contributed by atoms with Crippen molar-refractivity contribution in [2.24, 2.45) is 7.05 Å². The summed E-state index contributed by atoms with van der Waals surface area (Å²) in [4.78, 5) is 23.9. The fourth-order valence-electron chi connectivity index (χ4n) is 2.31. The van der Waals surface area contributed by atoms with Gasteiger partial charge in [-0.3, -0.25) is 9.48 Å². The lowest BCUT2D eigenvalue weighted by molar-refractivity contribution is -0.116. The molecule has 0 aliphatic rings. The lowest BCUT2D eigenvalue weighted by Crippen LogP contribution is -2.20. The van der Waals surface area contributed by atoms with Crippen LogP contribution in [-0.4, -0.2) is 21.7 Å². The van der Waals surface area contributed by atoms with Gasteiger partial charge in [0.2, 0.25) is 5.91 Å². The molecule has 0 saturated carbocycles. The van der Waals surface area contributed by atoms with Crippen LogP contribution in [0.4, 0.5) is 0 Å². The van der Waals surface area contributed by atoms with Gasteiger partial charge in [0.1, 0.15) is 5.69 Å². The molecular formula is C19H23N3O3. The SMILES string of the molecule is CC(C)=CC(=O)NCc1ccc(C(=O)Oc2c(C)nn(C)c2C)cc1. The van der Waals surface area contributed by atoms with Gasteiger partial charge in [0.05, 0.1) is 11.3 Å². The molecule has 0 aliphatic carbocycles. The molecule has 0 radical (unpaired) electrons. The van der Waals surface area contributed by atoms with Crippen molar-refractivity contribution < 1.29 is 14.3 Å². The smallest absolute Gasteiger partial charge is 0.343 e.